The number of halogens is 3. The molecule has 3 heterocycles. The van der Waals surface area contributed by atoms with E-state index in [0.717, 1.165) is 44.9 Å². The summed E-state index contributed by atoms with van der Waals surface area (Å²) in [7, 11) is 0. The van der Waals surface area contributed by atoms with Crippen molar-refractivity contribution in [3.8, 4) is 0 Å². The van der Waals surface area contributed by atoms with Gasteiger partial charge in [-0.15, -0.1) is 0 Å². The van der Waals surface area contributed by atoms with Crippen LogP contribution in [0.2, 0.25) is 0 Å². The number of aromatic nitrogens is 1. The Morgan fingerprint density at radius 1 is 1.35 bits per heavy atom. The van der Waals surface area contributed by atoms with E-state index in [9.17, 15) is 13.2 Å². The van der Waals surface area contributed by atoms with Crippen LogP contribution >= 0.6 is 0 Å². The third kappa shape index (κ3) is 2.88. The first kappa shape index (κ1) is 13.6. The van der Waals surface area contributed by atoms with Gasteiger partial charge < -0.3 is 10.6 Å². The number of hydrogen-bond donors (Lipinski definition) is 2. The Bertz CT molecular complexity index is 446. The Labute approximate surface area is 115 Å². The highest BCUT2D eigenvalue weighted by Gasteiger charge is 2.34. The monoisotopic (exact) mass is 286 g/mol. The van der Waals surface area contributed by atoms with Gasteiger partial charge in [0.1, 0.15) is 5.82 Å². The normalized spacial score (nSPS) is 27.4. The van der Waals surface area contributed by atoms with Gasteiger partial charge in [-0.25, -0.2) is 4.98 Å². The summed E-state index contributed by atoms with van der Waals surface area (Å²) in [6.45, 7) is 3.94. The molecule has 2 atom stereocenters. The number of nitrogens with one attached hydrogen (secondary N) is 2. The van der Waals surface area contributed by atoms with Crippen molar-refractivity contribution in [2.45, 2.75) is 24.7 Å². The van der Waals surface area contributed by atoms with Crippen LogP contribution in [0.15, 0.2) is 18.3 Å². The zero-order valence-corrected chi connectivity index (χ0v) is 11.0. The van der Waals surface area contributed by atoms with Gasteiger partial charge >= 0.3 is 6.18 Å². The molecule has 1 aromatic heterocycles. The molecule has 3 rings (SSSR count). The average molecular weight is 286 g/mol. The summed E-state index contributed by atoms with van der Waals surface area (Å²) in [4.78, 5) is 6.28. The Hall–Kier alpha value is -1.34. The molecule has 1 aromatic rings. The second kappa shape index (κ2) is 5.21. The average Bonchev–Trinajstić information content (AvgIpc) is 2.80. The van der Waals surface area contributed by atoms with Crippen molar-refractivity contribution in [3.63, 3.8) is 0 Å². The lowest BCUT2D eigenvalue weighted by Crippen LogP contribution is -2.47. The summed E-state index contributed by atoms with van der Waals surface area (Å²) in [5.74, 6) is 0.510. The molecular weight excluding hydrogens is 269 g/mol. The van der Waals surface area contributed by atoms with E-state index in [0.29, 0.717) is 11.9 Å². The van der Waals surface area contributed by atoms with Crippen LogP contribution < -0.4 is 10.6 Å². The Morgan fingerprint density at radius 2 is 2.20 bits per heavy atom. The maximum absolute atomic E-state index is 12.5. The molecule has 0 bridgehead atoms. The quantitative estimate of drug-likeness (QED) is 0.865. The Kier molecular flexibility index (Phi) is 3.55. The second-order valence-corrected chi connectivity index (χ2v) is 5.36. The van der Waals surface area contributed by atoms with E-state index >= 15 is 0 Å². The molecule has 0 spiro atoms. The summed E-state index contributed by atoms with van der Waals surface area (Å²) < 4.78 is 37.4. The summed E-state index contributed by atoms with van der Waals surface area (Å²) in [5.41, 5.74) is -0.712. The highest BCUT2D eigenvalue weighted by Crippen LogP contribution is 2.29. The van der Waals surface area contributed by atoms with Crippen LogP contribution in [0, 0.1) is 0 Å². The molecule has 2 aliphatic rings. The van der Waals surface area contributed by atoms with Crippen molar-refractivity contribution in [1.82, 2.24) is 15.2 Å². The molecule has 4 nitrogen and oxygen atoms in total. The van der Waals surface area contributed by atoms with Gasteiger partial charge in [-0.3, -0.25) is 4.90 Å². The molecule has 2 saturated heterocycles. The molecule has 0 aromatic carbocycles. The van der Waals surface area contributed by atoms with Crippen LogP contribution in [0.3, 0.4) is 0 Å². The molecule has 2 N–H and O–H groups in total. The summed E-state index contributed by atoms with van der Waals surface area (Å²) in [6, 6.07) is 3.25. The zero-order valence-electron chi connectivity index (χ0n) is 11.0. The van der Waals surface area contributed by atoms with Crippen LogP contribution in [-0.2, 0) is 6.18 Å². The number of alkyl halides is 3. The lowest BCUT2D eigenvalue weighted by molar-refractivity contribution is -0.137. The molecule has 7 heteroatoms. The number of hydrogen-bond acceptors (Lipinski definition) is 4. The molecule has 0 aliphatic carbocycles. The van der Waals surface area contributed by atoms with Crippen LogP contribution in [0.25, 0.3) is 0 Å². The predicted molar refractivity (Wildman–Crippen MR) is 69.5 cm³/mol. The SMILES string of the molecule is FC(F)(F)c1ccc(N[C@H]2C[C@H]3CNCCN3C2)nc1. The van der Waals surface area contributed by atoms with Gasteiger partial charge in [-0.1, -0.05) is 0 Å². The molecule has 0 saturated carbocycles. The fraction of sp³-hybridized carbons (Fsp3) is 0.615. The highest BCUT2D eigenvalue weighted by molar-refractivity contribution is 5.37. The van der Waals surface area contributed by atoms with Gasteiger partial charge in [0.05, 0.1) is 5.56 Å². The van der Waals surface area contributed by atoms with E-state index in [-0.39, 0.29) is 6.04 Å². The topological polar surface area (TPSA) is 40.2 Å². The molecule has 0 amide bonds. The first-order valence-corrected chi connectivity index (χ1v) is 6.77. The highest BCUT2D eigenvalue weighted by atomic mass is 19.4. The summed E-state index contributed by atoms with van der Waals surface area (Å²) in [5, 5.41) is 6.58. The molecule has 0 unspecified atom stereocenters. The van der Waals surface area contributed by atoms with E-state index in [1.165, 1.54) is 6.07 Å². The van der Waals surface area contributed by atoms with E-state index < -0.39 is 11.7 Å². The number of fused-ring (bicyclic) bond motifs is 1. The third-order valence-corrected chi connectivity index (χ3v) is 3.93. The van der Waals surface area contributed by atoms with E-state index in [2.05, 4.69) is 20.5 Å². The van der Waals surface area contributed by atoms with Crippen molar-refractivity contribution >= 4 is 5.82 Å². The van der Waals surface area contributed by atoms with E-state index in [1.54, 1.807) is 0 Å². The second-order valence-electron chi connectivity index (χ2n) is 5.36. The lowest BCUT2D eigenvalue weighted by atomic mass is 10.1. The standard InChI is InChI=1S/C13H17F3N4/c14-13(15,16)9-1-2-12(18-6-9)19-10-5-11-7-17-3-4-20(11)8-10/h1-2,6,10-11,17H,3-5,7-8H2,(H,18,19)/t10-,11-/m0/s1. The minimum atomic E-state index is -4.33. The maximum atomic E-state index is 12.5. The Morgan fingerprint density at radius 3 is 2.85 bits per heavy atom. The number of nitrogens with zero attached hydrogens (tertiary/aromatic N) is 2. The van der Waals surface area contributed by atoms with Gasteiger partial charge in [0.2, 0.25) is 0 Å². The van der Waals surface area contributed by atoms with Crippen LogP contribution in [0.4, 0.5) is 19.0 Å². The van der Waals surface area contributed by atoms with E-state index in [1.807, 2.05) is 0 Å². The van der Waals surface area contributed by atoms with Gasteiger partial charge in [0.15, 0.2) is 0 Å². The molecule has 20 heavy (non-hydrogen) atoms. The van der Waals surface area contributed by atoms with Crippen LogP contribution in [-0.4, -0.2) is 48.1 Å². The third-order valence-electron chi connectivity index (χ3n) is 3.93. The smallest absolute Gasteiger partial charge is 0.366 e. The number of rotatable bonds is 2. The Balaban J connectivity index is 1.61. The predicted octanol–water partition coefficient (Wildman–Crippen LogP) is 1.56. The minimum Gasteiger partial charge on any atom is -0.366 e. The van der Waals surface area contributed by atoms with Crippen molar-refractivity contribution in [2.75, 3.05) is 31.5 Å². The zero-order chi connectivity index (χ0) is 14.2. The first-order chi connectivity index (χ1) is 9.52. The molecule has 2 aliphatic heterocycles. The van der Waals surface area contributed by atoms with Crippen molar-refractivity contribution in [2.24, 2.45) is 0 Å². The van der Waals surface area contributed by atoms with Gasteiger partial charge in [-0.05, 0) is 18.6 Å². The summed E-state index contributed by atoms with van der Waals surface area (Å²) in [6.07, 6.45) is -2.45. The van der Waals surface area contributed by atoms with Crippen molar-refractivity contribution < 1.29 is 13.2 Å². The van der Waals surface area contributed by atoms with Crippen LogP contribution in [0.5, 0.6) is 0 Å². The number of pyridine rings is 1. The molecule has 0 radical (unpaired) electrons. The largest absolute Gasteiger partial charge is 0.417 e. The number of anilines is 1. The molecule has 2 fully saturated rings. The van der Waals surface area contributed by atoms with Gasteiger partial charge in [0.25, 0.3) is 0 Å². The fourth-order valence-electron chi connectivity index (χ4n) is 2.92. The minimum absolute atomic E-state index is 0.254. The summed E-state index contributed by atoms with van der Waals surface area (Å²) >= 11 is 0. The first-order valence-electron chi connectivity index (χ1n) is 6.77. The fourth-order valence-corrected chi connectivity index (χ4v) is 2.92. The van der Waals surface area contributed by atoms with E-state index in [4.69, 9.17) is 0 Å². The molecular formula is C13H17F3N4. The molecule has 110 valence electrons. The lowest BCUT2D eigenvalue weighted by Gasteiger charge is -2.29. The van der Waals surface area contributed by atoms with Crippen LogP contribution in [0.1, 0.15) is 12.0 Å². The van der Waals surface area contributed by atoms with Gasteiger partial charge in [-0.2, -0.15) is 13.2 Å². The maximum Gasteiger partial charge on any atom is 0.417 e. The van der Waals surface area contributed by atoms with Crippen molar-refractivity contribution in [1.29, 1.82) is 0 Å². The van der Waals surface area contributed by atoms with Gasteiger partial charge in [0, 0.05) is 44.5 Å². The number of piperazine rings is 1. The van der Waals surface area contributed by atoms with Crippen molar-refractivity contribution in [3.05, 3.63) is 23.9 Å².